The van der Waals surface area contributed by atoms with Gasteiger partial charge < -0.3 is 15.0 Å². The van der Waals surface area contributed by atoms with Crippen LogP contribution in [0.1, 0.15) is 37.3 Å². The Morgan fingerprint density at radius 2 is 2.00 bits per heavy atom. The zero-order chi connectivity index (χ0) is 14.4. The monoisotopic (exact) mass is 284 g/mol. The second-order valence-corrected chi connectivity index (χ2v) is 6.18. The summed E-state index contributed by atoms with van der Waals surface area (Å²) < 4.78 is 10.6. The average molecular weight is 284 g/mol. The van der Waals surface area contributed by atoms with Gasteiger partial charge in [-0.3, -0.25) is 0 Å². The molecule has 4 heteroatoms. The lowest BCUT2D eigenvalue weighted by Crippen LogP contribution is -1.92. The van der Waals surface area contributed by atoms with E-state index < -0.39 is 0 Å². The van der Waals surface area contributed by atoms with Gasteiger partial charge in [-0.2, -0.15) is 0 Å². The van der Waals surface area contributed by atoms with Crippen molar-refractivity contribution in [3.05, 3.63) is 30.0 Å². The van der Waals surface area contributed by atoms with Gasteiger partial charge in [-0.05, 0) is 42.4 Å². The summed E-state index contributed by atoms with van der Waals surface area (Å²) in [7, 11) is 1.67. The van der Waals surface area contributed by atoms with Gasteiger partial charge in [0.05, 0.1) is 18.4 Å². The van der Waals surface area contributed by atoms with Crippen LogP contribution in [0.2, 0.25) is 0 Å². The molecule has 1 aromatic carbocycles. The smallest absolute Gasteiger partial charge is 0.230 e. The number of fused-ring (bicyclic) bond motifs is 1. The number of anilines is 1. The number of nitrogens with zero attached hydrogens (tertiary/aromatic N) is 1. The van der Waals surface area contributed by atoms with E-state index in [-0.39, 0.29) is 0 Å². The van der Waals surface area contributed by atoms with E-state index >= 15 is 0 Å². The van der Waals surface area contributed by atoms with Gasteiger partial charge in [0, 0.05) is 5.92 Å². The number of hydrogen-bond donors (Lipinski definition) is 1. The van der Waals surface area contributed by atoms with E-state index in [0.29, 0.717) is 11.8 Å². The van der Waals surface area contributed by atoms with Crippen LogP contribution in [0.4, 0.5) is 5.88 Å². The zero-order valence-corrected chi connectivity index (χ0v) is 12.2. The quantitative estimate of drug-likeness (QED) is 0.930. The van der Waals surface area contributed by atoms with E-state index in [2.05, 4.69) is 5.16 Å². The third kappa shape index (κ3) is 2.01. The number of benzene rings is 1. The van der Waals surface area contributed by atoms with Gasteiger partial charge in [0.25, 0.3) is 0 Å². The molecule has 2 saturated carbocycles. The molecule has 2 aliphatic carbocycles. The minimum Gasteiger partial charge on any atom is -0.497 e. The molecule has 21 heavy (non-hydrogen) atoms. The van der Waals surface area contributed by atoms with Gasteiger partial charge in [0.15, 0.2) is 0 Å². The fourth-order valence-corrected chi connectivity index (χ4v) is 4.01. The molecule has 2 atom stereocenters. The van der Waals surface area contributed by atoms with E-state index in [1.165, 1.54) is 25.7 Å². The minimum atomic E-state index is 0.418. The van der Waals surface area contributed by atoms with Gasteiger partial charge in [-0.15, -0.1) is 0 Å². The van der Waals surface area contributed by atoms with Crippen LogP contribution in [0.15, 0.2) is 28.8 Å². The Hall–Kier alpha value is -1.97. The van der Waals surface area contributed by atoms with Gasteiger partial charge in [-0.1, -0.05) is 30.1 Å². The molecule has 2 N–H and O–H groups in total. The number of aromatic nitrogens is 1. The molecule has 0 spiro atoms. The molecule has 110 valence electrons. The van der Waals surface area contributed by atoms with Crippen LogP contribution in [0.3, 0.4) is 0 Å². The van der Waals surface area contributed by atoms with Gasteiger partial charge >= 0.3 is 0 Å². The Labute approximate surface area is 124 Å². The predicted molar refractivity (Wildman–Crippen MR) is 81.1 cm³/mol. The van der Waals surface area contributed by atoms with Crippen molar-refractivity contribution in [1.82, 2.24) is 5.16 Å². The molecule has 2 aromatic rings. The Bertz CT molecular complexity index is 653. The van der Waals surface area contributed by atoms with Crippen LogP contribution in [-0.4, -0.2) is 12.3 Å². The highest BCUT2D eigenvalue weighted by atomic mass is 16.5. The summed E-state index contributed by atoms with van der Waals surface area (Å²) in [5, 5.41) is 4.29. The average Bonchev–Trinajstić information content (AvgIpc) is 3.14. The lowest BCUT2D eigenvalue weighted by atomic mass is 10.0. The summed E-state index contributed by atoms with van der Waals surface area (Å²) in [4.78, 5) is 0. The molecule has 4 nitrogen and oxygen atoms in total. The van der Waals surface area contributed by atoms with Gasteiger partial charge in [0.1, 0.15) is 5.75 Å². The van der Waals surface area contributed by atoms with E-state index in [1.807, 2.05) is 24.3 Å². The van der Waals surface area contributed by atoms with Crippen LogP contribution in [-0.2, 0) is 0 Å². The standard InChI is InChI=1S/C17H20N2O2/c1-20-11-6-4-5-10(9-11)14-16(19-21-17(14)18)15-12-7-2-3-8-13(12)15/h4-6,9,12-13,15H,2-3,7-8,18H2,1H3. The van der Waals surface area contributed by atoms with Crippen LogP contribution >= 0.6 is 0 Å². The van der Waals surface area contributed by atoms with Crippen LogP contribution < -0.4 is 10.5 Å². The van der Waals surface area contributed by atoms with Crippen LogP contribution in [0.25, 0.3) is 11.1 Å². The number of nitrogen functional groups attached to an aromatic ring is 1. The highest BCUT2D eigenvalue weighted by molar-refractivity contribution is 5.77. The van der Waals surface area contributed by atoms with Crippen molar-refractivity contribution in [3.63, 3.8) is 0 Å². The largest absolute Gasteiger partial charge is 0.497 e. The first kappa shape index (κ1) is 12.7. The Morgan fingerprint density at radius 3 is 2.71 bits per heavy atom. The Balaban J connectivity index is 1.74. The fraction of sp³-hybridized carbons (Fsp3) is 0.471. The maximum absolute atomic E-state index is 6.05. The first-order chi connectivity index (χ1) is 10.3. The molecule has 1 aromatic heterocycles. The number of hydrogen-bond acceptors (Lipinski definition) is 4. The molecule has 2 fully saturated rings. The highest BCUT2D eigenvalue weighted by Gasteiger charge is 2.53. The SMILES string of the molecule is COc1cccc(-c2c(C3C4CCCCC43)noc2N)c1. The summed E-state index contributed by atoms with van der Waals surface area (Å²) in [5.41, 5.74) is 9.10. The molecule has 2 aliphatic rings. The normalized spacial score (nSPS) is 27.2. The van der Waals surface area contributed by atoms with Crippen LogP contribution in [0, 0.1) is 11.8 Å². The third-order valence-corrected chi connectivity index (χ3v) is 5.08. The maximum atomic E-state index is 6.05. The third-order valence-electron chi connectivity index (χ3n) is 5.08. The van der Waals surface area contributed by atoms with Crippen molar-refractivity contribution in [2.24, 2.45) is 11.8 Å². The molecule has 0 amide bonds. The summed E-state index contributed by atoms with van der Waals surface area (Å²) in [6, 6.07) is 7.95. The van der Waals surface area contributed by atoms with Crippen molar-refractivity contribution < 1.29 is 9.26 Å². The Morgan fingerprint density at radius 1 is 1.24 bits per heavy atom. The van der Waals surface area contributed by atoms with Gasteiger partial charge in [-0.25, -0.2) is 0 Å². The topological polar surface area (TPSA) is 61.3 Å². The molecule has 4 rings (SSSR count). The van der Waals surface area contributed by atoms with E-state index in [1.54, 1.807) is 7.11 Å². The molecular formula is C17H20N2O2. The second kappa shape index (κ2) is 4.79. The molecule has 0 radical (unpaired) electrons. The van der Waals surface area contributed by atoms with Crippen molar-refractivity contribution in [3.8, 4) is 16.9 Å². The number of rotatable bonds is 3. The molecule has 2 unspecified atom stereocenters. The summed E-state index contributed by atoms with van der Waals surface area (Å²) >= 11 is 0. The van der Waals surface area contributed by atoms with Crippen molar-refractivity contribution in [1.29, 1.82) is 0 Å². The molecule has 0 saturated heterocycles. The predicted octanol–water partition coefficient (Wildman–Crippen LogP) is 3.84. The number of methoxy groups -OCH3 is 1. The maximum Gasteiger partial charge on any atom is 0.230 e. The van der Waals surface area contributed by atoms with Crippen LogP contribution in [0.5, 0.6) is 5.75 Å². The summed E-state index contributed by atoms with van der Waals surface area (Å²) in [6.45, 7) is 0. The van der Waals surface area contributed by atoms with E-state index in [9.17, 15) is 0 Å². The number of ether oxygens (including phenoxy) is 1. The minimum absolute atomic E-state index is 0.418. The second-order valence-electron chi connectivity index (χ2n) is 6.18. The molecular weight excluding hydrogens is 264 g/mol. The zero-order valence-electron chi connectivity index (χ0n) is 12.2. The lowest BCUT2D eigenvalue weighted by molar-refractivity contribution is 0.415. The van der Waals surface area contributed by atoms with Gasteiger partial charge in [0.2, 0.25) is 5.88 Å². The number of nitrogens with two attached hydrogens (primary N) is 1. The molecule has 0 bridgehead atoms. The van der Waals surface area contributed by atoms with E-state index in [0.717, 1.165) is 34.4 Å². The molecule has 0 aliphatic heterocycles. The molecule has 1 heterocycles. The lowest BCUT2D eigenvalue weighted by Gasteiger charge is -2.05. The highest BCUT2D eigenvalue weighted by Crippen LogP contribution is 2.62. The van der Waals surface area contributed by atoms with Crippen molar-refractivity contribution >= 4 is 5.88 Å². The van der Waals surface area contributed by atoms with E-state index in [4.69, 9.17) is 15.0 Å². The summed E-state index contributed by atoms with van der Waals surface area (Å²) in [5.74, 6) is 3.35. The first-order valence-electron chi connectivity index (χ1n) is 7.69. The summed E-state index contributed by atoms with van der Waals surface area (Å²) in [6.07, 6.45) is 5.33. The first-order valence-corrected chi connectivity index (χ1v) is 7.69. The van der Waals surface area contributed by atoms with Crippen molar-refractivity contribution in [2.75, 3.05) is 12.8 Å². The Kier molecular flexibility index (Phi) is 2.91. The fourth-order valence-electron chi connectivity index (χ4n) is 4.01. The van der Waals surface area contributed by atoms with Crippen molar-refractivity contribution in [2.45, 2.75) is 31.6 Å².